The van der Waals surface area contributed by atoms with Crippen molar-refractivity contribution >= 4 is 41.4 Å². The first kappa shape index (κ1) is 11.4. The Hall–Kier alpha value is -1.04. The van der Waals surface area contributed by atoms with Crippen LogP contribution in [0.3, 0.4) is 0 Å². The summed E-state index contributed by atoms with van der Waals surface area (Å²) in [5.41, 5.74) is 0.640. The molecule has 0 fully saturated rings. The van der Waals surface area contributed by atoms with E-state index in [1.54, 1.807) is 12.1 Å². The van der Waals surface area contributed by atoms with Crippen LogP contribution in [0, 0.1) is 9.77 Å². The van der Waals surface area contributed by atoms with E-state index < -0.39 is 0 Å². The summed E-state index contributed by atoms with van der Waals surface area (Å²) in [6.07, 6.45) is 0.656. The summed E-state index contributed by atoms with van der Waals surface area (Å²) in [7, 11) is 0. The normalized spacial score (nSPS) is 10.4. The molecule has 0 bridgehead atoms. The predicted octanol–water partition coefficient (Wildman–Crippen LogP) is 3.87. The van der Waals surface area contributed by atoms with Crippen molar-refractivity contribution in [2.45, 2.75) is 0 Å². The Morgan fingerprint density at radius 1 is 1.38 bits per heavy atom. The first-order valence-corrected chi connectivity index (χ1v) is 5.86. The van der Waals surface area contributed by atoms with Gasteiger partial charge in [0, 0.05) is 5.69 Å². The van der Waals surface area contributed by atoms with Gasteiger partial charge in [-0.25, -0.2) is 4.39 Å². The molecule has 0 spiro atoms. The molecule has 16 heavy (non-hydrogen) atoms. The van der Waals surface area contributed by atoms with Gasteiger partial charge in [0.1, 0.15) is 15.8 Å². The SMILES string of the molecule is O=Cc1sc(=S)n(-c2ccc(F)cc2)c1Cl. The van der Waals surface area contributed by atoms with Crippen LogP contribution in [0.2, 0.25) is 5.15 Å². The molecule has 0 saturated carbocycles. The fraction of sp³-hybridized carbons (Fsp3) is 0. The molecule has 2 nitrogen and oxygen atoms in total. The van der Waals surface area contributed by atoms with Gasteiger partial charge in [0.15, 0.2) is 10.2 Å². The minimum Gasteiger partial charge on any atom is -0.297 e. The average molecular weight is 274 g/mol. The summed E-state index contributed by atoms with van der Waals surface area (Å²) >= 11 is 12.2. The van der Waals surface area contributed by atoms with Crippen LogP contribution in [0.1, 0.15) is 9.67 Å². The highest BCUT2D eigenvalue weighted by atomic mass is 35.5. The average Bonchev–Trinajstić information content (AvgIpc) is 2.56. The van der Waals surface area contributed by atoms with Crippen molar-refractivity contribution in [3.05, 3.63) is 44.1 Å². The van der Waals surface area contributed by atoms with E-state index >= 15 is 0 Å². The van der Waals surface area contributed by atoms with Gasteiger partial charge >= 0.3 is 0 Å². The van der Waals surface area contributed by atoms with Crippen molar-refractivity contribution in [1.82, 2.24) is 4.57 Å². The summed E-state index contributed by atoms with van der Waals surface area (Å²) in [6.45, 7) is 0. The molecule has 0 amide bonds. The van der Waals surface area contributed by atoms with Gasteiger partial charge in [-0.3, -0.25) is 9.36 Å². The Labute approximate surface area is 105 Å². The number of nitrogens with zero attached hydrogens (tertiary/aromatic N) is 1. The van der Waals surface area contributed by atoms with Gasteiger partial charge in [-0.2, -0.15) is 0 Å². The van der Waals surface area contributed by atoms with Gasteiger partial charge in [0.2, 0.25) is 0 Å². The number of carbonyl (C=O) groups is 1. The molecule has 0 N–H and O–H groups in total. The van der Waals surface area contributed by atoms with E-state index in [1.165, 1.54) is 16.7 Å². The molecule has 0 radical (unpaired) electrons. The van der Waals surface area contributed by atoms with E-state index in [-0.39, 0.29) is 11.0 Å². The number of rotatable bonds is 2. The number of benzene rings is 1. The zero-order valence-corrected chi connectivity index (χ0v) is 10.2. The highest BCUT2D eigenvalue weighted by Gasteiger charge is 2.11. The van der Waals surface area contributed by atoms with E-state index in [4.69, 9.17) is 23.8 Å². The number of hydrogen-bond donors (Lipinski definition) is 0. The molecule has 1 aromatic heterocycles. The van der Waals surface area contributed by atoms with Crippen LogP contribution in [-0.2, 0) is 0 Å². The third-order valence-corrected chi connectivity index (χ3v) is 3.76. The second-order valence-electron chi connectivity index (χ2n) is 2.95. The third-order valence-electron chi connectivity index (χ3n) is 1.97. The summed E-state index contributed by atoms with van der Waals surface area (Å²) in [5, 5.41) is 0.261. The topological polar surface area (TPSA) is 22.0 Å². The highest BCUT2D eigenvalue weighted by molar-refractivity contribution is 7.73. The molecular weight excluding hydrogens is 269 g/mol. The van der Waals surface area contributed by atoms with Crippen LogP contribution >= 0.6 is 35.2 Å². The zero-order valence-electron chi connectivity index (χ0n) is 7.81. The van der Waals surface area contributed by atoms with E-state index in [0.717, 1.165) is 11.3 Å². The molecule has 0 unspecified atom stereocenters. The van der Waals surface area contributed by atoms with Crippen LogP contribution in [0.25, 0.3) is 5.69 Å². The Bertz CT molecular complexity index is 588. The Kier molecular flexibility index (Phi) is 3.18. The van der Waals surface area contributed by atoms with Crippen molar-refractivity contribution in [3.8, 4) is 5.69 Å². The molecule has 0 saturated heterocycles. The summed E-state index contributed by atoms with van der Waals surface area (Å²) in [5.74, 6) is -0.336. The summed E-state index contributed by atoms with van der Waals surface area (Å²) in [6, 6.07) is 5.73. The Morgan fingerprint density at radius 2 is 2.00 bits per heavy atom. The number of aromatic nitrogens is 1. The number of halogens is 2. The standard InChI is InChI=1S/C10H5ClFNOS2/c11-9-8(5-14)16-10(15)13(9)7-3-1-6(12)2-4-7/h1-5H. The fourth-order valence-corrected chi connectivity index (χ4v) is 2.86. The van der Waals surface area contributed by atoms with Crippen molar-refractivity contribution in [1.29, 1.82) is 0 Å². The second-order valence-corrected chi connectivity index (χ2v) is 4.99. The van der Waals surface area contributed by atoms with Crippen LogP contribution < -0.4 is 0 Å². The first-order valence-electron chi connectivity index (χ1n) is 4.26. The smallest absolute Gasteiger partial charge is 0.167 e. The van der Waals surface area contributed by atoms with Gasteiger partial charge in [0.25, 0.3) is 0 Å². The van der Waals surface area contributed by atoms with Gasteiger partial charge in [0.05, 0.1) is 0 Å². The molecule has 1 aromatic carbocycles. The maximum absolute atomic E-state index is 12.8. The number of hydrogen-bond acceptors (Lipinski definition) is 3. The maximum Gasteiger partial charge on any atom is 0.167 e. The highest BCUT2D eigenvalue weighted by Crippen LogP contribution is 2.26. The first-order chi connectivity index (χ1) is 7.63. The number of aldehydes is 1. The lowest BCUT2D eigenvalue weighted by atomic mass is 10.3. The predicted molar refractivity (Wildman–Crippen MR) is 64.8 cm³/mol. The summed E-state index contributed by atoms with van der Waals surface area (Å²) < 4.78 is 14.7. The second kappa shape index (κ2) is 4.45. The van der Waals surface area contributed by atoms with E-state index in [0.29, 0.717) is 20.8 Å². The monoisotopic (exact) mass is 273 g/mol. The fourth-order valence-electron chi connectivity index (χ4n) is 1.25. The molecule has 0 aliphatic carbocycles. The van der Waals surface area contributed by atoms with Gasteiger partial charge < -0.3 is 0 Å². The molecule has 0 aliphatic rings. The summed E-state index contributed by atoms with van der Waals surface area (Å²) in [4.78, 5) is 11.1. The quantitative estimate of drug-likeness (QED) is 0.612. The molecule has 6 heteroatoms. The van der Waals surface area contributed by atoms with Gasteiger partial charge in [-0.15, -0.1) is 0 Å². The molecular formula is C10H5ClFNOS2. The lowest BCUT2D eigenvalue weighted by Crippen LogP contribution is -1.94. The number of thiazole rings is 1. The van der Waals surface area contributed by atoms with Crippen molar-refractivity contribution in [3.63, 3.8) is 0 Å². The van der Waals surface area contributed by atoms with Crippen LogP contribution in [-0.4, -0.2) is 10.9 Å². The van der Waals surface area contributed by atoms with Crippen molar-refractivity contribution in [2.75, 3.05) is 0 Å². The van der Waals surface area contributed by atoms with E-state index in [9.17, 15) is 9.18 Å². The van der Waals surface area contributed by atoms with Gasteiger partial charge in [-0.1, -0.05) is 22.9 Å². The Morgan fingerprint density at radius 3 is 2.50 bits per heavy atom. The minimum absolute atomic E-state index is 0.261. The maximum atomic E-state index is 12.8. The minimum atomic E-state index is -0.336. The van der Waals surface area contributed by atoms with Crippen LogP contribution in [0.4, 0.5) is 4.39 Å². The molecule has 2 rings (SSSR count). The third kappa shape index (κ3) is 1.93. The molecule has 0 atom stereocenters. The van der Waals surface area contributed by atoms with E-state index in [2.05, 4.69) is 0 Å². The lowest BCUT2D eigenvalue weighted by molar-refractivity contribution is 0.112. The van der Waals surface area contributed by atoms with Crippen LogP contribution in [0.5, 0.6) is 0 Å². The lowest BCUT2D eigenvalue weighted by Gasteiger charge is -2.03. The zero-order chi connectivity index (χ0) is 11.7. The largest absolute Gasteiger partial charge is 0.297 e. The van der Waals surface area contributed by atoms with Crippen molar-refractivity contribution < 1.29 is 9.18 Å². The Balaban J connectivity index is 2.64. The van der Waals surface area contributed by atoms with Gasteiger partial charge in [-0.05, 0) is 36.5 Å². The van der Waals surface area contributed by atoms with E-state index in [1.807, 2.05) is 0 Å². The van der Waals surface area contributed by atoms with Crippen LogP contribution in [0.15, 0.2) is 24.3 Å². The molecule has 2 aromatic rings. The molecule has 0 aliphatic heterocycles. The molecule has 1 heterocycles. The number of carbonyl (C=O) groups excluding carboxylic acids is 1. The van der Waals surface area contributed by atoms with Crippen molar-refractivity contribution in [2.24, 2.45) is 0 Å². The molecule has 82 valence electrons.